The third-order valence-electron chi connectivity index (χ3n) is 4.08. The molecular weight excluding hydrogens is 252 g/mol. The maximum atomic E-state index is 11.2. The summed E-state index contributed by atoms with van der Waals surface area (Å²) in [4.78, 5) is 11.2. The van der Waals surface area contributed by atoms with Crippen molar-refractivity contribution in [1.82, 2.24) is 0 Å². The van der Waals surface area contributed by atoms with Gasteiger partial charge < -0.3 is 10.1 Å². The molecular formula is C16H24N2O2. The zero-order valence-corrected chi connectivity index (χ0v) is 12.3. The van der Waals surface area contributed by atoms with Crippen LogP contribution in [-0.4, -0.2) is 19.2 Å². The number of rotatable bonds is 4. The van der Waals surface area contributed by atoms with Crippen LogP contribution < -0.4 is 10.6 Å². The van der Waals surface area contributed by atoms with Crippen LogP contribution in [0.4, 0.5) is 16.2 Å². The summed E-state index contributed by atoms with van der Waals surface area (Å²) in [5.41, 5.74) is 1.81. The van der Waals surface area contributed by atoms with Crippen molar-refractivity contribution >= 4 is 17.5 Å². The fraction of sp³-hybridized carbons (Fsp3) is 0.562. The number of anilines is 2. The smallest absolute Gasteiger partial charge is 0.411 e. The fourth-order valence-corrected chi connectivity index (χ4v) is 2.96. The van der Waals surface area contributed by atoms with Crippen LogP contribution in [0.2, 0.25) is 0 Å². The SMILES string of the molecule is CCC1CCCCC1Nc1cccc(NC(=O)OC)c1. The summed E-state index contributed by atoms with van der Waals surface area (Å²) in [7, 11) is 1.37. The maximum Gasteiger partial charge on any atom is 0.411 e. The van der Waals surface area contributed by atoms with Gasteiger partial charge in [0.1, 0.15) is 0 Å². The van der Waals surface area contributed by atoms with Gasteiger partial charge in [-0.2, -0.15) is 0 Å². The number of hydrogen-bond acceptors (Lipinski definition) is 3. The van der Waals surface area contributed by atoms with Crippen molar-refractivity contribution in [3.8, 4) is 0 Å². The van der Waals surface area contributed by atoms with E-state index in [-0.39, 0.29) is 0 Å². The lowest BCUT2D eigenvalue weighted by molar-refractivity contribution is 0.187. The summed E-state index contributed by atoms with van der Waals surface area (Å²) in [6, 6.07) is 8.35. The summed E-state index contributed by atoms with van der Waals surface area (Å²) in [5.74, 6) is 0.751. The Kier molecular flexibility index (Phi) is 5.27. The van der Waals surface area contributed by atoms with Gasteiger partial charge in [0, 0.05) is 17.4 Å². The van der Waals surface area contributed by atoms with Gasteiger partial charge in [-0.15, -0.1) is 0 Å². The number of carbonyl (C=O) groups excluding carboxylic acids is 1. The molecule has 4 heteroatoms. The zero-order valence-electron chi connectivity index (χ0n) is 12.3. The van der Waals surface area contributed by atoms with E-state index in [0.29, 0.717) is 6.04 Å². The molecule has 110 valence electrons. The van der Waals surface area contributed by atoms with E-state index < -0.39 is 6.09 Å². The second-order valence-electron chi connectivity index (χ2n) is 5.40. The van der Waals surface area contributed by atoms with Crippen molar-refractivity contribution in [2.45, 2.75) is 45.1 Å². The molecule has 1 fully saturated rings. The fourth-order valence-electron chi connectivity index (χ4n) is 2.96. The molecule has 2 rings (SSSR count). The highest BCUT2D eigenvalue weighted by Crippen LogP contribution is 2.29. The first-order valence-electron chi connectivity index (χ1n) is 7.44. The minimum absolute atomic E-state index is 0.439. The number of ether oxygens (including phenoxy) is 1. The van der Waals surface area contributed by atoms with Gasteiger partial charge in [0.2, 0.25) is 0 Å². The van der Waals surface area contributed by atoms with E-state index in [1.165, 1.54) is 39.2 Å². The molecule has 0 saturated heterocycles. The van der Waals surface area contributed by atoms with Crippen molar-refractivity contribution in [2.24, 2.45) is 5.92 Å². The maximum absolute atomic E-state index is 11.2. The standard InChI is InChI=1S/C16H24N2O2/c1-3-12-7-4-5-10-15(12)17-13-8-6-9-14(11-13)18-16(19)20-2/h6,8-9,11-12,15,17H,3-5,7,10H2,1-2H3,(H,18,19). The molecule has 20 heavy (non-hydrogen) atoms. The van der Waals surface area contributed by atoms with Crippen LogP contribution in [0, 0.1) is 5.92 Å². The number of benzene rings is 1. The molecule has 1 amide bonds. The number of methoxy groups -OCH3 is 1. The lowest BCUT2D eigenvalue weighted by Gasteiger charge is -2.32. The molecule has 0 spiro atoms. The number of amides is 1. The first-order valence-corrected chi connectivity index (χ1v) is 7.44. The molecule has 2 unspecified atom stereocenters. The summed E-state index contributed by atoms with van der Waals surface area (Å²) in [6.07, 6.45) is 5.97. The van der Waals surface area contributed by atoms with Gasteiger partial charge >= 0.3 is 6.09 Å². The summed E-state index contributed by atoms with van der Waals surface area (Å²) < 4.78 is 4.61. The molecule has 1 aliphatic carbocycles. The van der Waals surface area contributed by atoms with Gasteiger partial charge in [-0.25, -0.2) is 4.79 Å². The van der Waals surface area contributed by atoms with E-state index >= 15 is 0 Å². The van der Waals surface area contributed by atoms with Crippen molar-refractivity contribution < 1.29 is 9.53 Å². The number of hydrogen-bond donors (Lipinski definition) is 2. The van der Waals surface area contributed by atoms with Crippen LogP contribution in [0.1, 0.15) is 39.0 Å². The highest BCUT2D eigenvalue weighted by atomic mass is 16.5. The predicted octanol–water partition coefficient (Wildman–Crippen LogP) is 4.25. The molecule has 0 bridgehead atoms. The minimum Gasteiger partial charge on any atom is -0.453 e. The normalized spacial score (nSPS) is 22.1. The minimum atomic E-state index is -0.439. The van der Waals surface area contributed by atoms with Crippen LogP contribution in [0.3, 0.4) is 0 Å². The van der Waals surface area contributed by atoms with Crippen molar-refractivity contribution in [2.75, 3.05) is 17.7 Å². The van der Waals surface area contributed by atoms with Crippen molar-refractivity contribution in [3.63, 3.8) is 0 Å². The molecule has 0 radical (unpaired) electrons. The molecule has 0 aromatic heterocycles. The average molecular weight is 276 g/mol. The molecule has 1 aromatic carbocycles. The van der Waals surface area contributed by atoms with Gasteiger partial charge in [0.25, 0.3) is 0 Å². The third-order valence-corrected chi connectivity index (χ3v) is 4.08. The average Bonchev–Trinajstić information content (AvgIpc) is 2.48. The third kappa shape index (κ3) is 3.89. The Morgan fingerprint density at radius 2 is 2.05 bits per heavy atom. The van der Waals surface area contributed by atoms with Crippen LogP contribution in [0.5, 0.6) is 0 Å². The summed E-state index contributed by atoms with van der Waals surface area (Å²) >= 11 is 0. The molecule has 0 heterocycles. The number of carbonyl (C=O) groups is 1. The van der Waals surface area contributed by atoms with Crippen LogP contribution >= 0.6 is 0 Å². The highest BCUT2D eigenvalue weighted by Gasteiger charge is 2.23. The second kappa shape index (κ2) is 7.17. The number of nitrogens with one attached hydrogen (secondary N) is 2. The lowest BCUT2D eigenvalue weighted by Crippen LogP contribution is -2.31. The van der Waals surface area contributed by atoms with Gasteiger partial charge in [0.05, 0.1) is 7.11 Å². The van der Waals surface area contributed by atoms with E-state index in [0.717, 1.165) is 17.3 Å². The first-order chi connectivity index (χ1) is 9.72. The Morgan fingerprint density at radius 3 is 2.80 bits per heavy atom. The molecule has 2 atom stereocenters. The Labute approximate surface area is 120 Å². The quantitative estimate of drug-likeness (QED) is 0.864. The Morgan fingerprint density at radius 1 is 1.30 bits per heavy atom. The van der Waals surface area contributed by atoms with E-state index in [2.05, 4.69) is 22.3 Å². The Hall–Kier alpha value is -1.71. The van der Waals surface area contributed by atoms with E-state index in [9.17, 15) is 4.79 Å². The van der Waals surface area contributed by atoms with Crippen molar-refractivity contribution in [1.29, 1.82) is 0 Å². The van der Waals surface area contributed by atoms with Gasteiger partial charge in [-0.05, 0) is 37.0 Å². The summed E-state index contributed by atoms with van der Waals surface area (Å²) in [6.45, 7) is 2.26. The Balaban J connectivity index is 2.01. The topological polar surface area (TPSA) is 50.4 Å². The first kappa shape index (κ1) is 14.7. The second-order valence-corrected chi connectivity index (χ2v) is 5.40. The Bertz CT molecular complexity index is 448. The molecule has 1 saturated carbocycles. The zero-order chi connectivity index (χ0) is 14.4. The molecule has 2 N–H and O–H groups in total. The van der Waals surface area contributed by atoms with Gasteiger partial charge in [-0.3, -0.25) is 5.32 Å². The van der Waals surface area contributed by atoms with E-state index in [1.54, 1.807) is 0 Å². The summed E-state index contributed by atoms with van der Waals surface area (Å²) in [5, 5.41) is 6.31. The lowest BCUT2D eigenvalue weighted by atomic mass is 9.83. The van der Waals surface area contributed by atoms with Crippen molar-refractivity contribution in [3.05, 3.63) is 24.3 Å². The van der Waals surface area contributed by atoms with Gasteiger partial charge in [-0.1, -0.05) is 32.3 Å². The van der Waals surface area contributed by atoms with E-state index in [4.69, 9.17) is 0 Å². The largest absolute Gasteiger partial charge is 0.453 e. The molecule has 0 aliphatic heterocycles. The predicted molar refractivity (Wildman–Crippen MR) is 82.1 cm³/mol. The van der Waals surface area contributed by atoms with Gasteiger partial charge in [0.15, 0.2) is 0 Å². The molecule has 1 aliphatic rings. The van der Waals surface area contributed by atoms with Crippen LogP contribution in [-0.2, 0) is 4.74 Å². The molecule has 1 aromatic rings. The highest BCUT2D eigenvalue weighted by molar-refractivity contribution is 5.85. The van der Waals surface area contributed by atoms with E-state index in [1.807, 2.05) is 24.3 Å². The monoisotopic (exact) mass is 276 g/mol. The van der Waals surface area contributed by atoms with Crippen LogP contribution in [0.15, 0.2) is 24.3 Å². The molecule has 4 nitrogen and oxygen atoms in total. The van der Waals surface area contributed by atoms with Crippen LogP contribution in [0.25, 0.3) is 0 Å².